The quantitative estimate of drug-likeness (QED) is 0.734. The van der Waals surface area contributed by atoms with E-state index in [0.717, 1.165) is 15.6 Å². The van der Waals surface area contributed by atoms with E-state index >= 15 is 0 Å². The first kappa shape index (κ1) is 16.3. The van der Waals surface area contributed by atoms with E-state index in [1.54, 1.807) is 42.8 Å². The van der Waals surface area contributed by atoms with E-state index < -0.39 is 0 Å². The van der Waals surface area contributed by atoms with Gasteiger partial charge in [-0.25, -0.2) is 9.97 Å². The van der Waals surface area contributed by atoms with Gasteiger partial charge in [0.15, 0.2) is 0 Å². The number of aryl methyl sites for hydroxylation is 2. The van der Waals surface area contributed by atoms with Gasteiger partial charge in [-0.15, -0.1) is 11.3 Å². The SMILES string of the molecule is Cc1nc([C@H](C)N(C)C(=O)c2cnc3ccccn3c2=O)c(C)s1. The predicted octanol–water partition coefficient (Wildman–Crippen LogP) is 2.60. The monoisotopic (exact) mass is 342 g/mol. The van der Waals surface area contributed by atoms with Gasteiger partial charge in [0.25, 0.3) is 11.5 Å². The summed E-state index contributed by atoms with van der Waals surface area (Å²) in [5.74, 6) is -0.358. The molecule has 0 N–H and O–H groups in total. The van der Waals surface area contributed by atoms with E-state index in [1.165, 1.54) is 15.5 Å². The van der Waals surface area contributed by atoms with Crippen molar-refractivity contribution in [1.29, 1.82) is 0 Å². The van der Waals surface area contributed by atoms with Gasteiger partial charge in [-0.05, 0) is 32.9 Å². The Balaban J connectivity index is 1.98. The number of fused-ring (bicyclic) bond motifs is 1. The minimum atomic E-state index is -0.365. The summed E-state index contributed by atoms with van der Waals surface area (Å²) >= 11 is 1.60. The highest BCUT2D eigenvalue weighted by molar-refractivity contribution is 7.11. The van der Waals surface area contributed by atoms with E-state index in [9.17, 15) is 9.59 Å². The highest BCUT2D eigenvalue weighted by Gasteiger charge is 2.25. The van der Waals surface area contributed by atoms with Crippen molar-refractivity contribution < 1.29 is 4.79 Å². The largest absolute Gasteiger partial charge is 0.333 e. The number of nitrogens with zero attached hydrogens (tertiary/aromatic N) is 4. The fourth-order valence-electron chi connectivity index (χ4n) is 2.66. The number of thiazole rings is 1. The van der Waals surface area contributed by atoms with Gasteiger partial charge < -0.3 is 4.90 Å². The molecule has 0 aliphatic carbocycles. The molecular weight excluding hydrogens is 324 g/mol. The molecule has 1 atom stereocenters. The van der Waals surface area contributed by atoms with Gasteiger partial charge in [0, 0.05) is 24.3 Å². The Morgan fingerprint density at radius 1 is 1.33 bits per heavy atom. The number of amides is 1. The van der Waals surface area contributed by atoms with E-state index in [0.29, 0.717) is 5.65 Å². The van der Waals surface area contributed by atoms with E-state index in [1.807, 2.05) is 20.8 Å². The van der Waals surface area contributed by atoms with Gasteiger partial charge in [0.2, 0.25) is 0 Å². The van der Waals surface area contributed by atoms with Crippen LogP contribution in [0.4, 0.5) is 0 Å². The molecule has 6 nitrogen and oxygen atoms in total. The molecule has 124 valence electrons. The molecule has 0 saturated carbocycles. The minimum absolute atomic E-state index is 0.0534. The Bertz CT molecular complexity index is 976. The van der Waals surface area contributed by atoms with Gasteiger partial charge in [0.1, 0.15) is 11.2 Å². The van der Waals surface area contributed by atoms with Crippen molar-refractivity contribution >= 4 is 22.9 Å². The zero-order valence-electron chi connectivity index (χ0n) is 14.0. The Morgan fingerprint density at radius 3 is 2.75 bits per heavy atom. The van der Waals surface area contributed by atoms with Crippen LogP contribution >= 0.6 is 11.3 Å². The molecule has 7 heteroatoms. The van der Waals surface area contributed by atoms with Crippen LogP contribution in [0, 0.1) is 13.8 Å². The molecule has 3 rings (SSSR count). The number of hydrogen-bond acceptors (Lipinski definition) is 5. The lowest BCUT2D eigenvalue weighted by Gasteiger charge is -2.24. The Kier molecular flexibility index (Phi) is 4.19. The van der Waals surface area contributed by atoms with Crippen LogP contribution in [0.15, 0.2) is 35.4 Å². The van der Waals surface area contributed by atoms with Crippen LogP contribution in [0.1, 0.15) is 38.9 Å². The molecule has 0 saturated heterocycles. The summed E-state index contributed by atoms with van der Waals surface area (Å²) in [7, 11) is 1.68. The van der Waals surface area contributed by atoms with Crippen molar-refractivity contribution in [3.63, 3.8) is 0 Å². The number of pyridine rings is 1. The zero-order valence-corrected chi connectivity index (χ0v) is 14.8. The number of aromatic nitrogens is 3. The van der Waals surface area contributed by atoms with Crippen LogP contribution in [0.2, 0.25) is 0 Å². The first-order chi connectivity index (χ1) is 11.4. The lowest BCUT2D eigenvalue weighted by atomic mass is 10.1. The maximum Gasteiger partial charge on any atom is 0.270 e. The Morgan fingerprint density at radius 2 is 2.08 bits per heavy atom. The van der Waals surface area contributed by atoms with E-state index in [2.05, 4.69) is 9.97 Å². The van der Waals surface area contributed by atoms with Crippen molar-refractivity contribution in [1.82, 2.24) is 19.3 Å². The van der Waals surface area contributed by atoms with Crippen LogP contribution in [-0.2, 0) is 0 Å². The Hall–Kier alpha value is -2.54. The highest BCUT2D eigenvalue weighted by Crippen LogP contribution is 2.26. The second-order valence-electron chi connectivity index (χ2n) is 5.67. The molecule has 0 spiro atoms. The highest BCUT2D eigenvalue weighted by atomic mass is 32.1. The number of carbonyl (C=O) groups excluding carboxylic acids is 1. The van der Waals surface area contributed by atoms with Crippen LogP contribution in [0.3, 0.4) is 0 Å². The molecule has 0 aliphatic heterocycles. The van der Waals surface area contributed by atoms with Crippen molar-refractivity contribution in [2.24, 2.45) is 0 Å². The summed E-state index contributed by atoms with van der Waals surface area (Å²) < 4.78 is 1.38. The van der Waals surface area contributed by atoms with E-state index in [4.69, 9.17) is 0 Å². The first-order valence-electron chi connectivity index (χ1n) is 7.57. The molecule has 3 heterocycles. The van der Waals surface area contributed by atoms with Crippen molar-refractivity contribution in [3.8, 4) is 0 Å². The smallest absolute Gasteiger partial charge is 0.270 e. The van der Waals surface area contributed by atoms with Gasteiger partial charge >= 0.3 is 0 Å². The topological polar surface area (TPSA) is 67.6 Å². The molecule has 0 aliphatic rings. The molecule has 0 aromatic carbocycles. The third-order valence-corrected chi connectivity index (χ3v) is 4.98. The second kappa shape index (κ2) is 6.16. The maximum atomic E-state index is 12.8. The zero-order chi connectivity index (χ0) is 17.4. The number of carbonyl (C=O) groups is 1. The maximum absolute atomic E-state index is 12.8. The molecule has 3 aromatic heterocycles. The lowest BCUT2D eigenvalue weighted by molar-refractivity contribution is 0.0737. The van der Waals surface area contributed by atoms with E-state index in [-0.39, 0.29) is 23.1 Å². The van der Waals surface area contributed by atoms with Crippen LogP contribution < -0.4 is 5.56 Å². The fourth-order valence-corrected chi connectivity index (χ4v) is 3.56. The standard InChI is InChI=1S/C17H18N4O2S/c1-10(15-11(2)24-12(3)19-15)20(4)16(22)13-9-18-14-7-5-6-8-21(14)17(13)23/h5-10H,1-4H3/t10-/m0/s1. The van der Waals surface area contributed by atoms with Crippen LogP contribution in [-0.4, -0.2) is 32.2 Å². The molecule has 0 bridgehead atoms. The van der Waals surface area contributed by atoms with Crippen molar-refractivity contribution in [2.75, 3.05) is 7.05 Å². The average Bonchev–Trinajstić information content (AvgIpc) is 2.92. The fraction of sp³-hybridized carbons (Fsp3) is 0.294. The number of hydrogen-bond donors (Lipinski definition) is 0. The molecule has 3 aromatic rings. The molecule has 0 radical (unpaired) electrons. The van der Waals surface area contributed by atoms with Gasteiger partial charge in [-0.2, -0.15) is 0 Å². The summed E-state index contributed by atoms with van der Waals surface area (Å²) in [5.41, 5.74) is 1.07. The summed E-state index contributed by atoms with van der Waals surface area (Å²) in [6.07, 6.45) is 2.96. The molecule has 1 amide bonds. The second-order valence-corrected chi connectivity index (χ2v) is 7.08. The number of rotatable bonds is 3. The summed E-state index contributed by atoms with van der Waals surface area (Å²) in [6.45, 7) is 5.84. The normalized spacial score (nSPS) is 12.3. The third kappa shape index (κ3) is 2.71. The Labute approximate surface area is 143 Å². The van der Waals surface area contributed by atoms with Gasteiger partial charge in [-0.3, -0.25) is 14.0 Å². The third-order valence-electron chi connectivity index (χ3n) is 4.08. The summed E-state index contributed by atoms with van der Waals surface area (Å²) in [4.78, 5) is 36.7. The predicted molar refractivity (Wildman–Crippen MR) is 93.6 cm³/mol. The summed E-state index contributed by atoms with van der Waals surface area (Å²) in [6, 6.07) is 5.03. The van der Waals surface area contributed by atoms with Gasteiger partial charge in [-0.1, -0.05) is 6.07 Å². The molecule has 0 fully saturated rings. The van der Waals surface area contributed by atoms with Crippen LogP contribution in [0.5, 0.6) is 0 Å². The molecule has 0 unspecified atom stereocenters. The van der Waals surface area contributed by atoms with Gasteiger partial charge in [0.05, 0.1) is 16.7 Å². The minimum Gasteiger partial charge on any atom is -0.333 e. The first-order valence-corrected chi connectivity index (χ1v) is 8.39. The molecular formula is C17H18N4O2S. The lowest BCUT2D eigenvalue weighted by Crippen LogP contribution is -2.35. The van der Waals surface area contributed by atoms with Crippen molar-refractivity contribution in [3.05, 3.63) is 62.1 Å². The average molecular weight is 342 g/mol. The van der Waals surface area contributed by atoms with Crippen LogP contribution in [0.25, 0.3) is 5.65 Å². The van der Waals surface area contributed by atoms with Crippen molar-refractivity contribution in [2.45, 2.75) is 26.8 Å². The summed E-state index contributed by atoms with van der Waals surface area (Å²) in [5, 5.41) is 0.961. The molecule has 24 heavy (non-hydrogen) atoms.